The minimum atomic E-state index is 0.590. The molecule has 0 spiro atoms. The number of nitrogens with one attached hydrogen (secondary N) is 1. The van der Waals surface area contributed by atoms with Gasteiger partial charge in [0.1, 0.15) is 0 Å². The number of rotatable bonds is 6. The Morgan fingerprint density at radius 3 is 2.25 bits per heavy atom. The third-order valence-electron chi connectivity index (χ3n) is 3.04. The third-order valence-corrected chi connectivity index (χ3v) is 3.04. The van der Waals surface area contributed by atoms with Crippen molar-refractivity contribution in [2.24, 2.45) is 5.92 Å². The van der Waals surface area contributed by atoms with Gasteiger partial charge in [-0.25, -0.2) is 0 Å². The van der Waals surface area contributed by atoms with Gasteiger partial charge in [0, 0.05) is 6.04 Å². The average molecular weight is 219 g/mol. The highest BCUT2D eigenvalue weighted by Crippen LogP contribution is 2.12. The minimum Gasteiger partial charge on any atom is -0.314 e. The molecule has 0 radical (unpaired) electrons. The molecule has 1 aromatic carbocycles. The molecule has 90 valence electrons. The van der Waals surface area contributed by atoms with Gasteiger partial charge in [-0.2, -0.15) is 0 Å². The Morgan fingerprint density at radius 2 is 1.75 bits per heavy atom. The number of benzene rings is 1. The fourth-order valence-electron chi connectivity index (χ4n) is 1.82. The molecule has 16 heavy (non-hydrogen) atoms. The Bertz CT molecular complexity index is 287. The van der Waals surface area contributed by atoms with E-state index in [4.69, 9.17) is 0 Å². The first kappa shape index (κ1) is 13.2. The van der Waals surface area contributed by atoms with E-state index >= 15 is 0 Å². The van der Waals surface area contributed by atoms with Crippen molar-refractivity contribution in [3.05, 3.63) is 35.4 Å². The van der Waals surface area contributed by atoms with Gasteiger partial charge in [-0.05, 0) is 31.4 Å². The van der Waals surface area contributed by atoms with E-state index in [-0.39, 0.29) is 0 Å². The normalized spacial score (nSPS) is 13.1. The lowest BCUT2D eigenvalue weighted by Gasteiger charge is -2.17. The quantitative estimate of drug-likeness (QED) is 0.771. The van der Waals surface area contributed by atoms with Crippen LogP contribution in [-0.4, -0.2) is 12.6 Å². The van der Waals surface area contributed by atoms with E-state index in [0.717, 1.165) is 12.5 Å². The molecule has 1 aromatic rings. The van der Waals surface area contributed by atoms with Crippen molar-refractivity contribution in [1.29, 1.82) is 0 Å². The summed E-state index contributed by atoms with van der Waals surface area (Å²) >= 11 is 0. The zero-order chi connectivity index (χ0) is 12.0. The van der Waals surface area contributed by atoms with E-state index in [9.17, 15) is 0 Å². The largest absolute Gasteiger partial charge is 0.314 e. The molecule has 1 rings (SSSR count). The Kier molecular flexibility index (Phi) is 5.54. The summed E-state index contributed by atoms with van der Waals surface area (Å²) in [6, 6.07) is 9.52. The maximum absolute atomic E-state index is 3.53. The standard InChI is InChI=1S/C15H25N/c1-5-14(11-16-12(2)3)10-15-8-6-13(4)7-9-15/h6-9,12,14,16H,5,10-11H2,1-4H3. The van der Waals surface area contributed by atoms with Crippen LogP contribution < -0.4 is 5.32 Å². The smallest absolute Gasteiger partial charge is 0.00104 e. The van der Waals surface area contributed by atoms with E-state index in [0.29, 0.717) is 6.04 Å². The lowest BCUT2D eigenvalue weighted by molar-refractivity contribution is 0.436. The molecule has 0 aliphatic carbocycles. The lowest BCUT2D eigenvalue weighted by Crippen LogP contribution is -2.29. The first-order chi connectivity index (χ1) is 7.61. The maximum Gasteiger partial charge on any atom is 0.00104 e. The van der Waals surface area contributed by atoms with Crippen LogP contribution in [0.4, 0.5) is 0 Å². The molecule has 0 aliphatic heterocycles. The maximum atomic E-state index is 3.53. The van der Waals surface area contributed by atoms with Crippen molar-refractivity contribution in [1.82, 2.24) is 5.32 Å². The van der Waals surface area contributed by atoms with Gasteiger partial charge in [-0.15, -0.1) is 0 Å². The Hall–Kier alpha value is -0.820. The molecule has 0 saturated heterocycles. The zero-order valence-corrected chi connectivity index (χ0v) is 11.1. The predicted octanol–water partition coefficient (Wildman–Crippen LogP) is 3.56. The van der Waals surface area contributed by atoms with E-state index in [1.165, 1.54) is 24.0 Å². The molecular formula is C15H25N. The fraction of sp³-hybridized carbons (Fsp3) is 0.600. The highest BCUT2D eigenvalue weighted by atomic mass is 14.9. The molecule has 0 fully saturated rings. The summed E-state index contributed by atoms with van der Waals surface area (Å²) in [7, 11) is 0. The second kappa shape index (κ2) is 6.70. The van der Waals surface area contributed by atoms with Gasteiger partial charge in [0.15, 0.2) is 0 Å². The van der Waals surface area contributed by atoms with E-state index in [2.05, 4.69) is 57.3 Å². The van der Waals surface area contributed by atoms with Crippen LogP contribution in [0.2, 0.25) is 0 Å². The van der Waals surface area contributed by atoms with Crippen LogP contribution in [0.1, 0.15) is 38.3 Å². The van der Waals surface area contributed by atoms with Crippen molar-refractivity contribution in [2.75, 3.05) is 6.54 Å². The molecule has 0 saturated carbocycles. The van der Waals surface area contributed by atoms with Crippen LogP contribution in [0, 0.1) is 12.8 Å². The predicted molar refractivity (Wildman–Crippen MR) is 71.8 cm³/mol. The van der Waals surface area contributed by atoms with Crippen molar-refractivity contribution in [3.8, 4) is 0 Å². The van der Waals surface area contributed by atoms with Crippen LogP contribution in [0.15, 0.2) is 24.3 Å². The van der Waals surface area contributed by atoms with Crippen molar-refractivity contribution in [2.45, 2.75) is 46.6 Å². The summed E-state index contributed by atoms with van der Waals surface area (Å²) in [6.07, 6.45) is 2.43. The van der Waals surface area contributed by atoms with Gasteiger partial charge in [-0.3, -0.25) is 0 Å². The van der Waals surface area contributed by atoms with Gasteiger partial charge in [0.25, 0.3) is 0 Å². The molecule has 0 amide bonds. The van der Waals surface area contributed by atoms with Gasteiger partial charge in [0.05, 0.1) is 0 Å². The Balaban J connectivity index is 2.46. The first-order valence-corrected chi connectivity index (χ1v) is 6.40. The summed E-state index contributed by atoms with van der Waals surface area (Å²) in [5, 5.41) is 3.53. The summed E-state index contributed by atoms with van der Waals surface area (Å²) in [5.41, 5.74) is 2.81. The summed E-state index contributed by atoms with van der Waals surface area (Å²) in [6.45, 7) is 9.96. The van der Waals surface area contributed by atoms with Crippen molar-refractivity contribution >= 4 is 0 Å². The van der Waals surface area contributed by atoms with Crippen LogP contribution in [0.3, 0.4) is 0 Å². The van der Waals surface area contributed by atoms with Crippen molar-refractivity contribution in [3.63, 3.8) is 0 Å². The van der Waals surface area contributed by atoms with Gasteiger partial charge in [0.2, 0.25) is 0 Å². The van der Waals surface area contributed by atoms with E-state index < -0.39 is 0 Å². The average Bonchev–Trinajstić information content (AvgIpc) is 2.26. The van der Waals surface area contributed by atoms with E-state index in [1.54, 1.807) is 0 Å². The summed E-state index contributed by atoms with van der Waals surface area (Å²) in [5.74, 6) is 0.755. The van der Waals surface area contributed by atoms with E-state index in [1.807, 2.05) is 0 Å². The monoisotopic (exact) mass is 219 g/mol. The number of hydrogen-bond acceptors (Lipinski definition) is 1. The molecule has 1 unspecified atom stereocenters. The third kappa shape index (κ3) is 4.80. The highest BCUT2D eigenvalue weighted by molar-refractivity contribution is 5.21. The fourth-order valence-corrected chi connectivity index (χ4v) is 1.82. The molecule has 1 N–H and O–H groups in total. The second-order valence-electron chi connectivity index (χ2n) is 5.03. The molecule has 0 aliphatic rings. The minimum absolute atomic E-state index is 0.590. The SMILES string of the molecule is CCC(CNC(C)C)Cc1ccc(C)cc1. The lowest BCUT2D eigenvalue weighted by atomic mass is 9.96. The Morgan fingerprint density at radius 1 is 1.12 bits per heavy atom. The van der Waals surface area contributed by atoms with Gasteiger partial charge >= 0.3 is 0 Å². The summed E-state index contributed by atoms with van der Waals surface area (Å²) in [4.78, 5) is 0. The van der Waals surface area contributed by atoms with Crippen molar-refractivity contribution < 1.29 is 0 Å². The number of aryl methyl sites for hydroxylation is 1. The molecule has 1 nitrogen and oxygen atoms in total. The van der Waals surface area contributed by atoms with Crippen LogP contribution in [-0.2, 0) is 6.42 Å². The zero-order valence-electron chi connectivity index (χ0n) is 11.1. The molecule has 1 atom stereocenters. The Labute approximate surface area is 100 Å². The highest BCUT2D eigenvalue weighted by Gasteiger charge is 2.07. The van der Waals surface area contributed by atoms with Crippen LogP contribution in [0.25, 0.3) is 0 Å². The van der Waals surface area contributed by atoms with Crippen LogP contribution in [0.5, 0.6) is 0 Å². The second-order valence-corrected chi connectivity index (χ2v) is 5.03. The molecule has 0 aromatic heterocycles. The topological polar surface area (TPSA) is 12.0 Å². The van der Waals surface area contributed by atoms with Crippen LogP contribution >= 0.6 is 0 Å². The molecule has 1 heteroatoms. The molecule has 0 bridgehead atoms. The molecular weight excluding hydrogens is 194 g/mol. The summed E-state index contributed by atoms with van der Waals surface area (Å²) < 4.78 is 0. The van der Waals surface area contributed by atoms with Gasteiger partial charge < -0.3 is 5.32 Å². The molecule has 0 heterocycles. The first-order valence-electron chi connectivity index (χ1n) is 6.40. The van der Waals surface area contributed by atoms with Gasteiger partial charge in [-0.1, -0.05) is 57.0 Å². The number of hydrogen-bond donors (Lipinski definition) is 1.